The van der Waals surface area contributed by atoms with E-state index in [1.54, 1.807) is 19.1 Å². The summed E-state index contributed by atoms with van der Waals surface area (Å²) in [5, 5.41) is 3.19. The molecule has 92 valence electrons. The number of hydrogen-bond donors (Lipinski definition) is 2. The van der Waals surface area contributed by atoms with E-state index in [0.717, 1.165) is 16.9 Å². The normalized spacial score (nSPS) is 10.1. The van der Waals surface area contributed by atoms with Crippen molar-refractivity contribution in [3.63, 3.8) is 0 Å². The molecule has 0 aliphatic rings. The lowest BCUT2D eigenvalue weighted by Gasteiger charge is -2.08. The minimum Gasteiger partial charge on any atom is -0.389 e. The summed E-state index contributed by atoms with van der Waals surface area (Å²) in [5.41, 5.74) is 8.71. The molecule has 0 aliphatic heterocycles. The highest BCUT2D eigenvalue weighted by molar-refractivity contribution is 7.80. The Labute approximate surface area is 111 Å². The predicted molar refractivity (Wildman–Crippen MR) is 76.7 cm³/mol. The van der Waals surface area contributed by atoms with Gasteiger partial charge >= 0.3 is 0 Å². The first kappa shape index (κ1) is 12.5. The van der Waals surface area contributed by atoms with Crippen molar-refractivity contribution in [2.24, 2.45) is 5.73 Å². The van der Waals surface area contributed by atoms with E-state index in [2.05, 4.69) is 5.32 Å². The number of thiocarbonyl (C=S) groups is 1. The van der Waals surface area contributed by atoms with E-state index in [4.69, 9.17) is 18.0 Å². The third-order valence-corrected chi connectivity index (χ3v) is 2.85. The SMILES string of the molecule is Cc1cc(Nc2ccc(C(N)=S)cc2)ccc1F. The second kappa shape index (κ2) is 5.14. The van der Waals surface area contributed by atoms with Crippen LogP contribution in [-0.4, -0.2) is 4.99 Å². The number of benzene rings is 2. The summed E-state index contributed by atoms with van der Waals surface area (Å²) >= 11 is 4.88. The fraction of sp³-hybridized carbons (Fsp3) is 0.0714. The molecule has 2 aromatic carbocycles. The molecular weight excluding hydrogens is 247 g/mol. The number of nitrogens with two attached hydrogens (primary N) is 1. The van der Waals surface area contributed by atoms with Crippen LogP contribution >= 0.6 is 12.2 Å². The molecule has 4 heteroatoms. The average molecular weight is 260 g/mol. The number of rotatable bonds is 3. The zero-order valence-corrected chi connectivity index (χ0v) is 10.7. The summed E-state index contributed by atoms with van der Waals surface area (Å²) in [6.07, 6.45) is 0. The van der Waals surface area contributed by atoms with Gasteiger partial charge in [-0.25, -0.2) is 4.39 Å². The summed E-state index contributed by atoms with van der Waals surface area (Å²) < 4.78 is 13.1. The van der Waals surface area contributed by atoms with Crippen molar-refractivity contribution in [2.75, 3.05) is 5.32 Å². The van der Waals surface area contributed by atoms with E-state index in [9.17, 15) is 4.39 Å². The van der Waals surface area contributed by atoms with Crippen LogP contribution in [0.5, 0.6) is 0 Å². The van der Waals surface area contributed by atoms with Gasteiger partial charge in [0.1, 0.15) is 10.8 Å². The highest BCUT2D eigenvalue weighted by Crippen LogP contribution is 2.19. The number of anilines is 2. The van der Waals surface area contributed by atoms with Gasteiger partial charge in [-0.3, -0.25) is 0 Å². The molecule has 0 fully saturated rings. The first-order valence-corrected chi connectivity index (χ1v) is 5.90. The first-order valence-electron chi connectivity index (χ1n) is 5.49. The van der Waals surface area contributed by atoms with Crippen molar-refractivity contribution < 1.29 is 4.39 Å². The molecule has 0 unspecified atom stereocenters. The van der Waals surface area contributed by atoms with E-state index >= 15 is 0 Å². The maximum absolute atomic E-state index is 13.1. The number of aryl methyl sites for hydroxylation is 1. The largest absolute Gasteiger partial charge is 0.389 e. The van der Waals surface area contributed by atoms with Gasteiger partial charge in [-0.2, -0.15) is 0 Å². The van der Waals surface area contributed by atoms with E-state index in [1.165, 1.54) is 6.07 Å². The molecule has 0 spiro atoms. The monoisotopic (exact) mass is 260 g/mol. The Kier molecular flexibility index (Phi) is 3.58. The highest BCUT2D eigenvalue weighted by atomic mass is 32.1. The zero-order valence-electron chi connectivity index (χ0n) is 9.91. The Morgan fingerprint density at radius 3 is 2.28 bits per heavy atom. The molecule has 2 rings (SSSR count). The third-order valence-electron chi connectivity index (χ3n) is 2.62. The lowest BCUT2D eigenvalue weighted by atomic mass is 10.2. The van der Waals surface area contributed by atoms with Crippen molar-refractivity contribution in [1.82, 2.24) is 0 Å². The number of hydrogen-bond acceptors (Lipinski definition) is 2. The molecule has 0 amide bonds. The Bertz CT molecular complexity index is 579. The van der Waals surface area contributed by atoms with Crippen LogP contribution in [-0.2, 0) is 0 Å². The minimum absolute atomic E-state index is 0.204. The second-order valence-electron chi connectivity index (χ2n) is 4.03. The van der Waals surface area contributed by atoms with Crippen LogP contribution in [0, 0.1) is 12.7 Å². The van der Waals surface area contributed by atoms with Crippen molar-refractivity contribution in [3.8, 4) is 0 Å². The smallest absolute Gasteiger partial charge is 0.126 e. The van der Waals surface area contributed by atoms with Crippen molar-refractivity contribution in [2.45, 2.75) is 6.92 Å². The molecule has 2 aromatic rings. The van der Waals surface area contributed by atoms with Gasteiger partial charge in [0.15, 0.2) is 0 Å². The Morgan fingerprint density at radius 1 is 1.11 bits per heavy atom. The number of nitrogens with one attached hydrogen (secondary N) is 1. The molecule has 0 heterocycles. The van der Waals surface area contributed by atoms with Crippen LogP contribution in [0.2, 0.25) is 0 Å². The topological polar surface area (TPSA) is 38.0 Å². The van der Waals surface area contributed by atoms with Crippen LogP contribution in [0.1, 0.15) is 11.1 Å². The predicted octanol–water partition coefficient (Wildman–Crippen LogP) is 3.51. The Hall–Kier alpha value is -1.94. The average Bonchev–Trinajstić information content (AvgIpc) is 2.34. The molecule has 0 bridgehead atoms. The van der Waals surface area contributed by atoms with E-state index in [-0.39, 0.29) is 5.82 Å². The van der Waals surface area contributed by atoms with Crippen LogP contribution in [0.3, 0.4) is 0 Å². The third kappa shape index (κ3) is 2.84. The fourth-order valence-electron chi connectivity index (χ4n) is 1.61. The maximum atomic E-state index is 13.1. The van der Waals surface area contributed by atoms with Gasteiger partial charge in [0.2, 0.25) is 0 Å². The first-order chi connectivity index (χ1) is 8.56. The Morgan fingerprint density at radius 2 is 1.72 bits per heavy atom. The molecule has 0 aromatic heterocycles. The van der Waals surface area contributed by atoms with Gasteiger partial charge in [0.05, 0.1) is 0 Å². The number of halogens is 1. The summed E-state index contributed by atoms with van der Waals surface area (Å²) in [5.74, 6) is -0.204. The van der Waals surface area contributed by atoms with Crippen LogP contribution in [0.25, 0.3) is 0 Å². The molecule has 18 heavy (non-hydrogen) atoms. The lowest BCUT2D eigenvalue weighted by Crippen LogP contribution is -2.08. The Balaban J connectivity index is 2.18. The molecule has 0 atom stereocenters. The van der Waals surface area contributed by atoms with Crippen molar-refractivity contribution in [1.29, 1.82) is 0 Å². The molecule has 0 saturated heterocycles. The van der Waals surface area contributed by atoms with Crippen LogP contribution in [0.4, 0.5) is 15.8 Å². The molecule has 0 radical (unpaired) electrons. The summed E-state index contributed by atoms with van der Waals surface area (Å²) in [6.45, 7) is 1.73. The van der Waals surface area contributed by atoms with Crippen LogP contribution < -0.4 is 11.1 Å². The minimum atomic E-state index is -0.204. The standard InChI is InChI=1S/C14H13FN2S/c1-9-8-12(6-7-13(9)15)17-11-4-2-10(3-5-11)14(16)18/h2-8,17H,1H3,(H2,16,18). The van der Waals surface area contributed by atoms with Crippen molar-refractivity contribution >= 4 is 28.6 Å². The molecule has 0 aliphatic carbocycles. The van der Waals surface area contributed by atoms with E-state index in [0.29, 0.717) is 10.6 Å². The van der Waals surface area contributed by atoms with Gasteiger partial charge in [0, 0.05) is 16.9 Å². The van der Waals surface area contributed by atoms with Gasteiger partial charge in [-0.15, -0.1) is 0 Å². The summed E-state index contributed by atoms with van der Waals surface area (Å²) in [4.78, 5) is 0.374. The summed E-state index contributed by atoms with van der Waals surface area (Å²) in [6, 6.07) is 12.4. The maximum Gasteiger partial charge on any atom is 0.126 e. The zero-order chi connectivity index (χ0) is 13.1. The van der Waals surface area contributed by atoms with Gasteiger partial charge in [-0.05, 0) is 55.0 Å². The molecule has 3 N–H and O–H groups in total. The van der Waals surface area contributed by atoms with Gasteiger partial charge < -0.3 is 11.1 Å². The fourth-order valence-corrected chi connectivity index (χ4v) is 1.74. The molecular formula is C14H13FN2S. The van der Waals surface area contributed by atoms with Crippen LogP contribution in [0.15, 0.2) is 42.5 Å². The summed E-state index contributed by atoms with van der Waals surface area (Å²) in [7, 11) is 0. The van der Waals surface area contributed by atoms with E-state index in [1.807, 2.05) is 24.3 Å². The molecule has 0 saturated carbocycles. The highest BCUT2D eigenvalue weighted by Gasteiger charge is 2.00. The van der Waals surface area contributed by atoms with Gasteiger partial charge in [0.25, 0.3) is 0 Å². The van der Waals surface area contributed by atoms with Crippen molar-refractivity contribution in [3.05, 3.63) is 59.4 Å². The molecule has 2 nitrogen and oxygen atoms in total. The van der Waals surface area contributed by atoms with Gasteiger partial charge in [-0.1, -0.05) is 12.2 Å². The van der Waals surface area contributed by atoms with E-state index < -0.39 is 0 Å². The lowest BCUT2D eigenvalue weighted by molar-refractivity contribution is 0.619. The second-order valence-corrected chi connectivity index (χ2v) is 4.47. The quantitative estimate of drug-likeness (QED) is 0.829.